The van der Waals surface area contributed by atoms with Crippen molar-refractivity contribution in [3.8, 4) is 0 Å². The summed E-state index contributed by atoms with van der Waals surface area (Å²) >= 11 is 0. The summed E-state index contributed by atoms with van der Waals surface area (Å²) in [5.74, 6) is -0.702. The van der Waals surface area contributed by atoms with E-state index in [0.717, 1.165) is 25.7 Å². The fourth-order valence-corrected chi connectivity index (χ4v) is 3.03. The van der Waals surface area contributed by atoms with Gasteiger partial charge in [-0.1, -0.05) is 26.7 Å². The Morgan fingerprint density at radius 2 is 1.70 bits per heavy atom. The van der Waals surface area contributed by atoms with E-state index >= 15 is 0 Å². The van der Waals surface area contributed by atoms with Crippen LogP contribution in [0.15, 0.2) is 0 Å². The monoisotopic (exact) mass is 332 g/mol. The van der Waals surface area contributed by atoms with Crippen LogP contribution in [-0.2, 0) is 23.7 Å². The Morgan fingerprint density at radius 3 is 2.35 bits per heavy atom. The van der Waals surface area contributed by atoms with E-state index in [1.807, 2.05) is 13.8 Å². The molecule has 2 aliphatic heterocycles. The first-order valence-corrected chi connectivity index (χ1v) is 8.81. The minimum atomic E-state index is -0.923. The summed E-state index contributed by atoms with van der Waals surface area (Å²) in [5, 5.41) is 9.99. The zero-order chi connectivity index (χ0) is 16.9. The lowest BCUT2D eigenvalue weighted by Crippen LogP contribution is -2.52. The third-order valence-electron chi connectivity index (χ3n) is 4.31. The summed E-state index contributed by atoms with van der Waals surface area (Å²) in [6, 6.07) is 0. The van der Waals surface area contributed by atoms with Gasteiger partial charge in [-0.15, -0.1) is 0 Å². The highest BCUT2D eigenvalue weighted by atomic mass is 16.8. The summed E-state index contributed by atoms with van der Waals surface area (Å²) in [7, 11) is 0. The van der Waals surface area contributed by atoms with Gasteiger partial charge in [0.1, 0.15) is 17.8 Å². The van der Waals surface area contributed by atoms with Crippen molar-refractivity contribution in [2.75, 3.05) is 26.4 Å². The van der Waals surface area contributed by atoms with Crippen LogP contribution in [0.2, 0.25) is 0 Å². The van der Waals surface area contributed by atoms with E-state index in [9.17, 15) is 5.11 Å². The van der Waals surface area contributed by atoms with Gasteiger partial charge in [0.2, 0.25) is 0 Å². The molecule has 2 rings (SSSR count). The molecule has 2 aliphatic rings. The predicted octanol–water partition coefficient (Wildman–Crippen LogP) is 2.23. The number of hydrogen-bond acceptors (Lipinski definition) is 6. The first-order chi connectivity index (χ1) is 11.0. The van der Waals surface area contributed by atoms with Crippen LogP contribution in [-0.4, -0.2) is 61.4 Å². The van der Waals surface area contributed by atoms with Gasteiger partial charge < -0.3 is 28.8 Å². The molecular formula is C17H32O6. The molecule has 0 aromatic carbocycles. The van der Waals surface area contributed by atoms with Crippen molar-refractivity contribution >= 4 is 0 Å². The molecule has 6 nitrogen and oxygen atoms in total. The molecule has 0 saturated carbocycles. The van der Waals surface area contributed by atoms with Crippen LogP contribution in [0.3, 0.4) is 0 Å². The van der Waals surface area contributed by atoms with Gasteiger partial charge in [0.25, 0.3) is 0 Å². The molecular weight excluding hydrogens is 300 g/mol. The molecule has 0 amide bonds. The number of rotatable bonds is 10. The fraction of sp³-hybridized carbons (Fsp3) is 1.00. The van der Waals surface area contributed by atoms with Crippen LogP contribution >= 0.6 is 0 Å². The van der Waals surface area contributed by atoms with Crippen LogP contribution in [0.4, 0.5) is 0 Å². The van der Waals surface area contributed by atoms with Crippen molar-refractivity contribution in [2.24, 2.45) is 0 Å². The smallest absolute Gasteiger partial charge is 0.190 e. The van der Waals surface area contributed by atoms with E-state index in [4.69, 9.17) is 23.7 Å². The third-order valence-corrected chi connectivity index (χ3v) is 4.31. The fourth-order valence-electron chi connectivity index (χ4n) is 3.03. The standard InChI is InChI=1S/C17H32O6/c1-5-7-9-19-12-17(11-18)14(20-10-8-6-2)13-15(23-17)22-16(3,4)21-13/h13-15,18H,5-12H2,1-4H3/t13?,14?,15-,17-/m0/s1. The van der Waals surface area contributed by atoms with Crippen molar-refractivity contribution in [2.45, 2.75) is 83.3 Å². The zero-order valence-corrected chi connectivity index (χ0v) is 14.9. The first-order valence-electron chi connectivity index (χ1n) is 8.81. The van der Waals surface area contributed by atoms with Gasteiger partial charge in [-0.25, -0.2) is 0 Å². The largest absolute Gasteiger partial charge is 0.393 e. The second-order valence-corrected chi connectivity index (χ2v) is 6.86. The van der Waals surface area contributed by atoms with E-state index in [0.29, 0.717) is 13.2 Å². The first kappa shape index (κ1) is 19.1. The minimum absolute atomic E-state index is 0.184. The molecule has 0 spiro atoms. The predicted molar refractivity (Wildman–Crippen MR) is 85.1 cm³/mol. The second-order valence-electron chi connectivity index (χ2n) is 6.86. The zero-order valence-electron chi connectivity index (χ0n) is 14.9. The van der Waals surface area contributed by atoms with Gasteiger partial charge >= 0.3 is 0 Å². The van der Waals surface area contributed by atoms with Crippen LogP contribution in [0.1, 0.15) is 53.4 Å². The average molecular weight is 332 g/mol. The summed E-state index contributed by atoms with van der Waals surface area (Å²) < 4.78 is 29.6. The van der Waals surface area contributed by atoms with Gasteiger partial charge in [-0.2, -0.15) is 0 Å². The lowest BCUT2D eigenvalue weighted by atomic mass is 9.96. The van der Waals surface area contributed by atoms with Crippen LogP contribution < -0.4 is 0 Å². The second kappa shape index (κ2) is 8.23. The van der Waals surface area contributed by atoms with Crippen molar-refractivity contribution in [1.82, 2.24) is 0 Å². The normalized spacial score (nSPS) is 35.6. The maximum absolute atomic E-state index is 9.99. The van der Waals surface area contributed by atoms with E-state index in [1.54, 1.807) is 0 Å². The van der Waals surface area contributed by atoms with Crippen molar-refractivity contribution in [1.29, 1.82) is 0 Å². The molecule has 2 unspecified atom stereocenters. The Balaban J connectivity index is 2.05. The number of ether oxygens (including phenoxy) is 5. The van der Waals surface area contributed by atoms with E-state index in [-0.39, 0.29) is 19.3 Å². The molecule has 0 aliphatic carbocycles. The average Bonchev–Trinajstić information content (AvgIpc) is 2.94. The molecule has 2 fully saturated rings. The Kier molecular flexibility index (Phi) is 6.83. The number of unbranched alkanes of at least 4 members (excludes halogenated alkanes) is 2. The highest BCUT2D eigenvalue weighted by Gasteiger charge is 2.62. The topological polar surface area (TPSA) is 66.4 Å². The summed E-state index contributed by atoms with van der Waals surface area (Å²) in [4.78, 5) is 0. The number of aliphatic hydroxyl groups is 1. The Hall–Kier alpha value is -0.240. The van der Waals surface area contributed by atoms with Crippen molar-refractivity contribution in [3.63, 3.8) is 0 Å². The Bertz CT molecular complexity index is 361. The van der Waals surface area contributed by atoms with Gasteiger partial charge in [0.15, 0.2) is 12.1 Å². The highest BCUT2D eigenvalue weighted by molar-refractivity contribution is 5.04. The molecule has 0 aromatic heterocycles. The maximum Gasteiger partial charge on any atom is 0.190 e. The third kappa shape index (κ3) is 4.44. The highest BCUT2D eigenvalue weighted by Crippen LogP contribution is 2.43. The van der Waals surface area contributed by atoms with Gasteiger partial charge in [-0.3, -0.25) is 0 Å². The lowest BCUT2D eigenvalue weighted by Gasteiger charge is -2.35. The van der Waals surface area contributed by atoms with Crippen molar-refractivity contribution in [3.05, 3.63) is 0 Å². The summed E-state index contributed by atoms with van der Waals surface area (Å²) in [6.07, 6.45) is 2.78. The summed E-state index contributed by atoms with van der Waals surface area (Å²) in [5.41, 5.74) is -0.923. The van der Waals surface area contributed by atoms with E-state index < -0.39 is 23.8 Å². The summed E-state index contributed by atoms with van der Waals surface area (Å²) in [6.45, 7) is 9.29. The number of fused-ring (bicyclic) bond motifs is 1. The number of aliphatic hydroxyl groups excluding tert-OH is 1. The maximum atomic E-state index is 9.99. The van der Waals surface area contributed by atoms with E-state index in [1.165, 1.54) is 0 Å². The molecule has 2 heterocycles. The van der Waals surface area contributed by atoms with Crippen LogP contribution in [0, 0.1) is 0 Å². The molecule has 0 radical (unpaired) electrons. The van der Waals surface area contributed by atoms with E-state index in [2.05, 4.69) is 13.8 Å². The molecule has 4 atom stereocenters. The molecule has 0 aromatic rings. The Morgan fingerprint density at radius 1 is 1.00 bits per heavy atom. The SMILES string of the molecule is CCCCOC[C@]1(CO)O[C@@H]2OC(C)(C)OC2C1OCCCC. The molecule has 0 bridgehead atoms. The molecule has 1 N–H and O–H groups in total. The van der Waals surface area contributed by atoms with Gasteiger partial charge in [0.05, 0.1) is 13.2 Å². The number of hydrogen-bond donors (Lipinski definition) is 1. The Labute approximate surface area is 139 Å². The molecule has 136 valence electrons. The van der Waals surface area contributed by atoms with Crippen molar-refractivity contribution < 1.29 is 28.8 Å². The van der Waals surface area contributed by atoms with Gasteiger partial charge in [0, 0.05) is 13.2 Å². The molecule has 23 heavy (non-hydrogen) atoms. The lowest BCUT2D eigenvalue weighted by molar-refractivity contribution is -0.260. The molecule has 2 saturated heterocycles. The quantitative estimate of drug-likeness (QED) is 0.619. The van der Waals surface area contributed by atoms with Gasteiger partial charge in [-0.05, 0) is 26.7 Å². The van der Waals surface area contributed by atoms with Crippen LogP contribution in [0.5, 0.6) is 0 Å². The molecule has 6 heteroatoms. The minimum Gasteiger partial charge on any atom is -0.393 e. The van der Waals surface area contributed by atoms with Crippen LogP contribution in [0.25, 0.3) is 0 Å².